The van der Waals surface area contributed by atoms with Crippen LogP contribution in [-0.2, 0) is 28.7 Å². The van der Waals surface area contributed by atoms with Gasteiger partial charge in [0, 0.05) is 9.79 Å². The molecule has 2 saturated heterocycles. The molecule has 0 aromatic heterocycles. The number of benzene rings is 2. The van der Waals surface area contributed by atoms with Gasteiger partial charge in [0.05, 0.1) is 12.8 Å². The third-order valence-electron chi connectivity index (χ3n) is 4.26. The van der Waals surface area contributed by atoms with Gasteiger partial charge in [0.15, 0.2) is 0 Å². The number of hydrogen-bond acceptors (Lipinski definition) is 8. The van der Waals surface area contributed by atoms with Crippen molar-refractivity contribution in [3.8, 4) is 11.1 Å². The molecule has 28 heavy (non-hydrogen) atoms. The van der Waals surface area contributed by atoms with Crippen LogP contribution in [0.5, 0.6) is 0 Å². The van der Waals surface area contributed by atoms with Crippen LogP contribution in [-0.4, -0.2) is 34.4 Å². The zero-order chi connectivity index (χ0) is 19.7. The van der Waals surface area contributed by atoms with Crippen LogP contribution in [0.4, 0.5) is 0 Å². The molecular weight excluding hydrogens is 400 g/mol. The van der Waals surface area contributed by atoms with E-state index in [4.69, 9.17) is 0 Å². The second-order valence-electron chi connectivity index (χ2n) is 6.26. The summed E-state index contributed by atoms with van der Waals surface area (Å²) in [6, 6.07) is 15.4. The first-order valence-electron chi connectivity index (χ1n) is 8.51. The summed E-state index contributed by atoms with van der Waals surface area (Å²) in [5, 5.41) is -0.965. The Kier molecular flexibility index (Phi) is 5.23. The molecule has 0 saturated carbocycles. The number of thioether (sulfide) groups is 2. The molecule has 0 aliphatic carbocycles. The molecule has 0 bridgehead atoms. The lowest BCUT2D eigenvalue weighted by molar-refractivity contribution is -0.153. The Balaban J connectivity index is 1.40. The zero-order valence-electron chi connectivity index (χ0n) is 14.5. The maximum Gasteiger partial charge on any atom is 0.327 e. The van der Waals surface area contributed by atoms with Gasteiger partial charge in [0.2, 0.25) is 0 Å². The number of esters is 4. The molecule has 0 spiro atoms. The normalized spacial score (nSPS) is 21.7. The van der Waals surface area contributed by atoms with E-state index in [1.54, 1.807) is 0 Å². The van der Waals surface area contributed by atoms with Crippen molar-refractivity contribution < 1.29 is 28.7 Å². The summed E-state index contributed by atoms with van der Waals surface area (Å²) in [4.78, 5) is 47.2. The summed E-state index contributed by atoms with van der Waals surface area (Å²) < 4.78 is 9.12. The number of hydrogen-bond donors (Lipinski definition) is 0. The molecular formula is C20H14O6S2. The monoisotopic (exact) mass is 414 g/mol. The summed E-state index contributed by atoms with van der Waals surface area (Å²) in [6.45, 7) is 0. The molecule has 142 valence electrons. The van der Waals surface area contributed by atoms with Crippen LogP contribution in [0.3, 0.4) is 0 Å². The van der Waals surface area contributed by atoms with Crippen LogP contribution in [0.15, 0.2) is 58.3 Å². The number of rotatable bonds is 5. The second kappa shape index (κ2) is 7.81. The van der Waals surface area contributed by atoms with Gasteiger partial charge in [0.1, 0.15) is 10.5 Å². The third kappa shape index (κ3) is 4.13. The lowest BCUT2D eigenvalue weighted by Gasteiger charge is -2.08. The minimum absolute atomic E-state index is 0.102. The molecule has 0 radical (unpaired) electrons. The number of cyclic esters (lactones) is 4. The van der Waals surface area contributed by atoms with Crippen LogP contribution in [0, 0.1) is 0 Å². The molecule has 2 aliphatic rings. The molecule has 2 aromatic carbocycles. The Morgan fingerprint density at radius 3 is 1.25 bits per heavy atom. The Bertz CT molecular complexity index is 872. The van der Waals surface area contributed by atoms with Crippen LogP contribution >= 0.6 is 23.5 Å². The highest BCUT2D eigenvalue weighted by molar-refractivity contribution is 8.01. The Labute approximate surface area is 169 Å². The van der Waals surface area contributed by atoms with Gasteiger partial charge in [-0.3, -0.25) is 19.2 Å². The van der Waals surface area contributed by atoms with Crippen LogP contribution in [0.1, 0.15) is 12.8 Å². The second-order valence-corrected chi connectivity index (χ2v) is 8.81. The van der Waals surface area contributed by atoms with Gasteiger partial charge in [-0.05, 0) is 35.4 Å². The molecule has 2 aliphatic heterocycles. The maximum absolute atomic E-state index is 11.6. The first-order valence-corrected chi connectivity index (χ1v) is 10.3. The standard InChI is InChI=1S/C20H14O6S2/c21-17-9-15(19(23)25-17)27-13-5-1-11(2-6-13)12-3-7-14(8-4-12)28-16-10-18(22)26-20(16)24/h1-8,15-16H,9-10H2. The van der Waals surface area contributed by atoms with Gasteiger partial charge >= 0.3 is 23.9 Å². The lowest BCUT2D eigenvalue weighted by atomic mass is 10.1. The van der Waals surface area contributed by atoms with Gasteiger partial charge in [-0.2, -0.15) is 0 Å². The van der Waals surface area contributed by atoms with Crippen molar-refractivity contribution in [1.82, 2.24) is 0 Å². The van der Waals surface area contributed by atoms with Crippen LogP contribution in [0.2, 0.25) is 0 Å². The van der Waals surface area contributed by atoms with E-state index in [1.807, 2.05) is 48.5 Å². The van der Waals surface area contributed by atoms with E-state index in [-0.39, 0.29) is 12.8 Å². The molecule has 4 rings (SSSR count). The minimum atomic E-state index is -0.486. The third-order valence-corrected chi connectivity index (χ3v) is 6.63. The van der Waals surface area contributed by atoms with E-state index in [2.05, 4.69) is 9.47 Å². The Morgan fingerprint density at radius 2 is 0.964 bits per heavy atom. The van der Waals surface area contributed by atoms with Crippen molar-refractivity contribution in [2.24, 2.45) is 0 Å². The number of carbonyl (C=O) groups is 4. The smallest absolute Gasteiger partial charge is 0.327 e. The van der Waals surface area contributed by atoms with Crippen LogP contribution < -0.4 is 0 Å². The number of carbonyl (C=O) groups excluding carboxylic acids is 4. The summed E-state index contributed by atoms with van der Waals surface area (Å²) in [6.07, 6.45) is 0.203. The number of ether oxygens (including phenoxy) is 2. The Hall–Kier alpha value is -2.58. The van der Waals surface area contributed by atoms with E-state index in [0.717, 1.165) is 20.9 Å². The highest BCUT2D eigenvalue weighted by Gasteiger charge is 2.35. The average Bonchev–Trinajstić information content (AvgIpc) is 3.16. The summed E-state index contributed by atoms with van der Waals surface area (Å²) in [5.41, 5.74) is 2.00. The van der Waals surface area contributed by atoms with Gasteiger partial charge < -0.3 is 9.47 Å². The van der Waals surface area contributed by atoms with Crippen molar-refractivity contribution in [3.05, 3.63) is 48.5 Å². The molecule has 6 nitrogen and oxygen atoms in total. The maximum atomic E-state index is 11.6. The first-order chi connectivity index (χ1) is 13.5. The van der Waals surface area contributed by atoms with Crippen molar-refractivity contribution in [2.75, 3.05) is 0 Å². The van der Waals surface area contributed by atoms with Crippen LogP contribution in [0.25, 0.3) is 11.1 Å². The van der Waals surface area contributed by atoms with Crippen molar-refractivity contribution in [3.63, 3.8) is 0 Å². The van der Waals surface area contributed by atoms with Crippen molar-refractivity contribution in [2.45, 2.75) is 33.1 Å². The molecule has 8 heteroatoms. The molecule has 2 atom stereocenters. The fourth-order valence-electron chi connectivity index (χ4n) is 2.87. The van der Waals surface area contributed by atoms with E-state index >= 15 is 0 Å². The molecule has 2 heterocycles. The van der Waals surface area contributed by atoms with Crippen molar-refractivity contribution >= 4 is 47.4 Å². The van der Waals surface area contributed by atoms with Gasteiger partial charge in [-0.15, -0.1) is 23.5 Å². The fraction of sp³-hybridized carbons (Fsp3) is 0.200. The lowest BCUT2D eigenvalue weighted by Crippen LogP contribution is -2.09. The highest BCUT2D eigenvalue weighted by Crippen LogP contribution is 2.33. The SMILES string of the molecule is O=C1CC(Sc2ccc(-c3ccc(SC4CC(=O)OC4=O)cc3)cc2)C(=O)O1. The van der Waals surface area contributed by atoms with E-state index < -0.39 is 34.4 Å². The van der Waals surface area contributed by atoms with Gasteiger partial charge in [0.25, 0.3) is 0 Å². The van der Waals surface area contributed by atoms with Crippen molar-refractivity contribution in [1.29, 1.82) is 0 Å². The molecule has 2 unspecified atom stereocenters. The van der Waals surface area contributed by atoms with E-state index in [1.165, 1.54) is 23.5 Å². The predicted octanol–water partition coefficient (Wildman–Crippen LogP) is 3.22. The molecule has 2 fully saturated rings. The highest BCUT2D eigenvalue weighted by atomic mass is 32.2. The fourth-order valence-corrected chi connectivity index (χ4v) is 4.84. The minimum Gasteiger partial charge on any atom is -0.392 e. The molecule has 0 amide bonds. The summed E-state index contributed by atoms with van der Waals surface area (Å²) >= 11 is 2.63. The van der Waals surface area contributed by atoms with E-state index in [9.17, 15) is 19.2 Å². The quantitative estimate of drug-likeness (QED) is 0.544. The van der Waals surface area contributed by atoms with E-state index in [0.29, 0.717) is 0 Å². The summed E-state index contributed by atoms with van der Waals surface area (Å²) in [5.74, 6) is -1.93. The van der Waals surface area contributed by atoms with Gasteiger partial charge in [-0.1, -0.05) is 24.3 Å². The largest absolute Gasteiger partial charge is 0.392 e. The van der Waals surface area contributed by atoms with Gasteiger partial charge in [-0.25, -0.2) is 0 Å². The molecule has 2 aromatic rings. The first kappa shape index (κ1) is 18.8. The molecule has 0 N–H and O–H groups in total. The zero-order valence-corrected chi connectivity index (χ0v) is 16.1. The topological polar surface area (TPSA) is 86.7 Å². The average molecular weight is 414 g/mol. The summed E-state index contributed by atoms with van der Waals surface area (Å²) in [7, 11) is 0. The Morgan fingerprint density at radius 1 is 0.607 bits per heavy atom. The predicted molar refractivity (Wildman–Crippen MR) is 103 cm³/mol.